The van der Waals surface area contributed by atoms with Gasteiger partial charge in [-0.1, -0.05) is 12.1 Å². The minimum absolute atomic E-state index is 0.129. The number of hydrogen-bond donors (Lipinski definition) is 1. The molecule has 7 nitrogen and oxygen atoms in total. The minimum Gasteiger partial charge on any atom is -0.326 e. The molecule has 0 aromatic heterocycles. The van der Waals surface area contributed by atoms with Gasteiger partial charge in [-0.15, -0.1) is 0 Å². The molecule has 2 aromatic rings. The molecule has 10 heteroatoms. The predicted molar refractivity (Wildman–Crippen MR) is 94.7 cm³/mol. The quantitative estimate of drug-likeness (QED) is 0.740. The molecule has 1 aliphatic heterocycles. The first-order valence-corrected chi connectivity index (χ1v) is 9.63. The summed E-state index contributed by atoms with van der Waals surface area (Å²) >= 11 is 0. The molecule has 2 aromatic carbocycles. The Balaban J connectivity index is 1.60. The number of nitrogens with one attached hydrogen (secondary N) is 1. The van der Waals surface area contributed by atoms with Crippen LogP contribution in [0.15, 0.2) is 53.4 Å². The first-order chi connectivity index (χ1) is 13.2. The molecule has 0 atom stereocenters. The number of carbonyl (C=O) groups excluding carboxylic acids is 3. The number of rotatable bonds is 6. The highest BCUT2D eigenvalue weighted by Gasteiger charge is 2.35. The van der Waals surface area contributed by atoms with Crippen molar-refractivity contribution in [3.05, 3.63) is 59.7 Å². The first kappa shape index (κ1) is 19.6. The number of halogens is 2. The number of amides is 3. The van der Waals surface area contributed by atoms with Crippen LogP contribution in [0.2, 0.25) is 0 Å². The maximum absolute atomic E-state index is 12.5. The molecule has 3 rings (SSSR count). The van der Waals surface area contributed by atoms with E-state index in [2.05, 4.69) is 5.32 Å². The van der Waals surface area contributed by atoms with Gasteiger partial charge >= 0.3 is 5.76 Å². The van der Waals surface area contributed by atoms with Crippen LogP contribution in [0.25, 0.3) is 0 Å². The van der Waals surface area contributed by atoms with Crippen LogP contribution in [-0.4, -0.2) is 43.3 Å². The van der Waals surface area contributed by atoms with Crippen molar-refractivity contribution < 1.29 is 31.6 Å². The summed E-state index contributed by atoms with van der Waals surface area (Å²) in [6, 6.07) is 10.6. The number of alkyl halides is 2. The molecule has 0 radical (unpaired) electrons. The Morgan fingerprint density at radius 3 is 2.00 bits per heavy atom. The highest BCUT2D eigenvalue weighted by molar-refractivity contribution is 7.91. The number of anilines is 1. The molecule has 1 N–H and O–H groups in total. The molecule has 1 aliphatic rings. The number of hydrogen-bond acceptors (Lipinski definition) is 5. The molecule has 28 heavy (non-hydrogen) atoms. The molecule has 146 valence electrons. The van der Waals surface area contributed by atoms with Gasteiger partial charge in [-0.05, 0) is 36.4 Å². The van der Waals surface area contributed by atoms with Gasteiger partial charge in [-0.2, -0.15) is 8.78 Å². The van der Waals surface area contributed by atoms with E-state index in [1.54, 1.807) is 12.1 Å². The maximum Gasteiger partial charge on any atom is 0.341 e. The standard InChI is InChI=1S/C18H14F2N2O5S/c19-18(20)28(26,27)12-7-5-11(6-8-12)21-15(23)9-10-22-16(24)13-3-1-2-4-14(13)17(22)25/h1-8,18H,9-10H2,(H,21,23). The van der Waals surface area contributed by atoms with E-state index >= 15 is 0 Å². The molecular weight excluding hydrogens is 394 g/mol. The summed E-state index contributed by atoms with van der Waals surface area (Å²) in [7, 11) is -4.71. The SMILES string of the molecule is O=C(CCN1C(=O)c2ccccc2C1=O)Nc1ccc(S(=O)(=O)C(F)F)cc1. The highest BCUT2D eigenvalue weighted by Crippen LogP contribution is 2.23. The van der Waals surface area contributed by atoms with Crippen molar-refractivity contribution in [2.75, 3.05) is 11.9 Å². The molecule has 0 fully saturated rings. The lowest BCUT2D eigenvalue weighted by molar-refractivity contribution is -0.116. The zero-order valence-electron chi connectivity index (χ0n) is 14.3. The van der Waals surface area contributed by atoms with Gasteiger partial charge in [0.1, 0.15) is 0 Å². The largest absolute Gasteiger partial charge is 0.341 e. The Kier molecular flexibility index (Phi) is 5.23. The van der Waals surface area contributed by atoms with E-state index in [0.29, 0.717) is 0 Å². The van der Waals surface area contributed by atoms with Crippen LogP contribution in [0.4, 0.5) is 14.5 Å². The van der Waals surface area contributed by atoms with Crippen LogP contribution in [0.3, 0.4) is 0 Å². The van der Waals surface area contributed by atoms with Crippen LogP contribution < -0.4 is 5.32 Å². The van der Waals surface area contributed by atoms with Crippen LogP contribution >= 0.6 is 0 Å². The Bertz CT molecular complexity index is 1020. The van der Waals surface area contributed by atoms with E-state index in [4.69, 9.17) is 0 Å². The summed E-state index contributed by atoms with van der Waals surface area (Å²) in [5, 5.41) is 2.45. The van der Waals surface area contributed by atoms with Gasteiger partial charge in [-0.25, -0.2) is 8.42 Å². The average molecular weight is 408 g/mol. The van der Waals surface area contributed by atoms with Crippen molar-refractivity contribution in [2.45, 2.75) is 17.1 Å². The Hall–Kier alpha value is -3.14. The van der Waals surface area contributed by atoms with Gasteiger partial charge in [0.15, 0.2) is 0 Å². The van der Waals surface area contributed by atoms with E-state index in [1.807, 2.05) is 0 Å². The second kappa shape index (κ2) is 7.47. The van der Waals surface area contributed by atoms with E-state index in [1.165, 1.54) is 24.3 Å². The number of fused-ring (bicyclic) bond motifs is 1. The normalized spacial score (nSPS) is 13.8. The van der Waals surface area contributed by atoms with Crippen LogP contribution in [0.5, 0.6) is 0 Å². The summed E-state index contributed by atoms with van der Waals surface area (Å²) in [6.07, 6.45) is -0.178. The molecule has 0 saturated heterocycles. The Morgan fingerprint density at radius 2 is 1.50 bits per heavy atom. The third-order valence-electron chi connectivity index (χ3n) is 4.14. The summed E-state index contributed by atoms with van der Waals surface area (Å²) < 4.78 is 47.7. The summed E-state index contributed by atoms with van der Waals surface area (Å²) in [5.41, 5.74) is 0.757. The lowest BCUT2D eigenvalue weighted by atomic mass is 10.1. The zero-order chi connectivity index (χ0) is 20.5. The van der Waals surface area contributed by atoms with Gasteiger partial charge < -0.3 is 5.32 Å². The van der Waals surface area contributed by atoms with Gasteiger partial charge in [0.2, 0.25) is 15.7 Å². The van der Waals surface area contributed by atoms with Crippen molar-refractivity contribution in [3.63, 3.8) is 0 Å². The average Bonchev–Trinajstić information content (AvgIpc) is 2.91. The van der Waals surface area contributed by atoms with Crippen LogP contribution in [-0.2, 0) is 14.6 Å². The van der Waals surface area contributed by atoms with E-state index < -0.39 is 38.2 Å². The summed E-state index contributed by atoms with van der Waals surface area (Å²) in [5.74, 6) is -5.02. The van der Waals surface area contributed by atoms with Gasteiger partial charge in [-0.3, -0.25) is 19.3 Å². The molecule has 3 amide bonds. The van der Waals surface area contributed by atoms with Crippen LogP contribution in [0.1, 0.15) is 27.1 Å². The third-order valence-corrected chi connectivity index (χ3v) is 5.54. The highest BCUT2D eigenvalue weighted by atomic mass is 32.2. The molecule has 0 saturated carbocycles. The second-order valence-corrected chi connectivity index (χ2v) is 7.85. The molecule has 1 heterocycles. The Morgan fingerprint density at radius 1 is 0.964 bits per heavy atom. The van der Waals surface area contributed by atoms with E-state index in [9.17, 15) is 31.6 Å². The molecular formula is C18H14F2N2O5S. The van der Waals surface area contributed by atoms with Crippen molar-refractivity contribution in [3.8, 4) is 0 Å². The molecule has 0 unspecified atom stereocenters. The van der Waals surface area contributed by atoms with Crippen molar-refractivity contribution in [1.29, 1.82) is 0 Å². The topological polar surface area (TPSA) is 101 Å². The zero-order valence-corrected chi connectivity index (χ0v) is 15.1. The molecule has 0 aliphatic carbocycles. The predicted octanol–water partition coefficient (Wildman–Crippen LogP) is 2.31. The van der Waals surface area contributed by atoms with Crippen LogP contribution in [0, 0.1) is 0 Å². The molecule has 0 spiro atoms. The number of nitrogens with zero attached hydrogens (tertiary/aromatic N) is 1. The Labute approximate surface area is 158 Å². The maximum atomic E-state index is 12.5. The summed E-state index contributed by atoms with van der Waals surface area (Å²) in [4.78, 5) is 36.9. The number of carbonyl (C=O) groups is 3. The smallest absolute Gasteiger partial charge is 0.326 e. The minimum atomic E-state index is -4.71. The molecule has 0 bridgehead atoms. The summed E-state index contributed by atoms with van der Waals surface area (Å²) in [6.45, 7) is -0.129. The van der Waals surface area contributed by atoms with Crippen molar-refractivity contribution in [2.24, 2.45) is 0 Å². The number of benzene rings is 2. The third kappa shape index (κ3) is 3.63. The van der Waals surface area contributed by atoms with Crippen molar-refractivity contribution in [1.82, 2.24) is 4.90 Å². The van der Waals surface area contributed by atoms with E-state index in [-0.39, 0.29) is 29.8 Å². The lowest BCUT2D eigenvalue weighted by Crippen LogP contribution is -2.32. The lowest BCUT2D eigenvalue weighted by Gasteiger charge is -2.13. The first-order valence-electron chi connectivity index (χ1n) is 8.09. The second-order valence-electron chi connectivity index (χ2n) is 5.94. The number of sulfone groups is 1. The van der Waals surface area contributed by atoms with Gasteiger partial charge in [0.05, 0.1) is 16.0 Å². The number of imide groups is 1. The van der Waals surface area contributed by atoms with Gasteiger partial charge in [0.25, 0.3) is 11.8 Å². The van der Waals surface area contributed by atoms with E-state index in [0.717, 1.165) is 17.0 Å². The van der Waals surface area contributed by atoms with Crippen molar-refractivity contribution >= 4 is 33.2 Å². The monoisotopic (exact) mass is 408 g/mol. The fourth-order valence-electron chi connectivity index (χ4n) is 2.71. The fourth-order valence-corrected chi connectivity index (χ4v) is 3.43. The fraction of sp³-hybridized carbons (Fsp3) is 0.167. The van der Waals surface area contributed by atoms with Gasteiger partial charge in [0, 0.05) is 18.7 Å².